The predicted molar refractivity (Wildman–Crippen MR) is 94.1 cm³/mol. The Bertz CT molecular complexity index is 937. The van der Waals surface area contributed by atoms with Crippen LogP contribution < -0.4 is 10.2 Å². The molecule has 7 nitrogen and oxygen atoms in total. The minimum Gasteiger partial charge on any atom is -0.323 e. The lowest BCUT2D eigenvalue weighted by atomic mass is 10.1. The summed E-state index contributed by atoms with van der Waals surface area (Å²) in [6.07, 6.45) is 0. The van der Waals surface area contributed by atoms with Crippen LogP contribution in [0.5, 0.6) is 0 Å². The molecule has 0 aromatic heterocycles. The first-order valence-corrected chi connectivity index (χ1v) is 8.98. The van der Waals surface area contributed by atoms with Gasteiger partial charge in [-0.2, -0.15) is 0 Å². The maximum atomic E-state index is 12.8. The van der Waals surface area contributed by atoms with Crippen LogP contribution in [-0.4, -0.2) is 45.2 Å². The molecule has 1 aliphatic rings. The molecule has 2 aromatic rings. The van der Waals surface area contributed by atoms with Crippen molar-refractivity contribution < 1.29 is 18.0 Å². The summed E-state index contributed by atoms with van der Waals surface area (Å²) < 4.78 is 25.3. The summed E-state index contributed by atoms with van der Waals surface area (Å²) in [6.45, 7) is -0.0897. The van der Waals surface area contributed by atoms with Crippen molar-refractivity contribution in [3.63, 3.8) is 0 Å². The number of carbonyl (C=O) groups is 2. The molecule has 8 heteroatoms. The molecule has 0 radical (unpaired) electrons. The summed E-state index contributed by atoms with van der Waals surface area (Å²) in [5.74, 6) is -0.644. The molecule has 0 saturated heterocycles. The molecule has 25 heavy (non-hydrogen) atoms. The molecule has 0 spiro atoms. The monoisotopic (exact) mass is 359 g/mol. The van der Waals surface area contributed by atoms with Crippen molar-refractivity contribution in [2.45, 2.75) is 4.90 Å². The van der Waals surface area contributed by atoms with Crippen LogP contribution in [0.15, 0.2) is 53.4 Å². The third-order valence-corrected chi connectivity index (χ3v) is 5.72. The first kappa shape index (κ1) is 17.1. The molecule has 0 aliphatic carbocycles. The number of fused-ring (bicyclic) bond motifs is 1. The average molecular weight is 359 g/mol. The number of hydrogen-bond acceptors (Lipinski definition) is 4. The van der Waals surface area contributed by atoms with E-state index in [0.717, 1.165) is 4.31 Å². The van der Waals surface area contributed by atoms with Crippen LogP contribution in [0.3, 0.4) is 0 Å². The summed E-state index contributed by atoms with van der Waals surface area (Å²) in [4.78, 5) is 26.1. The van der Waals surface area contributed by atoms with Crippen LogP contribution in [0.2, 0.25) is 0 Å². The van der Waals surface area contributed by atoms with E-state index in [9.17, 15) is 18.0 Å². The zero-order chi connectivity index (χ0) is 18.2. The van der Waals surface area contributed by atoms with Crippen molar-refractivity contribution >= 4 is 33.2 Å². The topological polar surface area (TPSA) is 86.8 Å². The molecule has 0 atom stereocenters. The SMILES string of the molecule is CN(C)S(=O)(=O)c1ccc(C(=O)N2CC(=O)Nc3ccccc32)cc1. The fourth-order valence-electron chi connectivity index (χ4n) is 2.55. The van der Waals surface area contributed by atoms with Crippen LogP contribution in [-0.2, 0) is 14.8 Å². The molecule has 2 amide bonds. The Kier molecular flexibility index (Phi) is 4.32. The highest BCUT2D eigenvalue weighted by atomic mass is 32.2. The minimum absolute atomic E-state index is 0.0897. The summed E-state index contributed by atoms with van der Waals surface area (Å²) in [7, 11) is -0.673. The standard InChI is InChI=1S/C17H17N3O4S/c1-19(2)25(23,24)13-9-7-12(8-10-13)17(22)20-11-16(21)18-14-5-3-4-6-15(14)20/h3-10H,11H2,1-2H3,(H,18,21). The molecule has 1 aliphatic heterocycles. The highest BCUT2D eigenvalue weighted by Gasteiger charge is 2.27. The number of benzene rings is 2. The second kappa shape index (κ2) is 6.30. The number of rotatable bonds is 3. The number of hydrogen-bond donors (Lipinski definition) is 1. The summed E-state index contributed by atoms with van der Waals surface area (Å²) in [6, 6.07) is 12.7. The van der Waals surface area contributed by atoms with Gasteiger partial charge in [-0.15, -0.1) is 0 Å². The third kappa shape index (κ3) is 3.13. The fourth-order valence-corrected chi connectivity index (χ4v) is 3.45. The summed E-state index contributed by atoms with van der Waals surface area (Å²) in [5.41, 5.74) is 1.48. The van der Waals surface area contributed by atoms with Gasteiger partial charge < -0.3 is 5.32 Å². The van der Waals surface area contributed by atoms with Gasteiger partial charge in [0, 0.05) is 19.7 Å². The van der Waals surface area contributed by atoms with Crippen LogP contribution in [0.1, 0.15) is 10.4 Å². The number of anilines is 2. The van der Waals surface area contributed by atoms with Crippen LogP contribution >= 0.6 is 0 Å². The number of nitrogens with zero attached hydrogens (tertiary/aromatic N) is 2. The zero-order valence-corrected chi connectivity index (χ0v) is 14.6. The zero-order valence-electron chi connectivity index (χ0n) is 13.8. The first-order chi connectivity index (χ1) is 11.8. The third-order valence-electron chi connectivity index (χ3n) is 3.90. The minimum atomic E-state index is -3.56. The van der Waals surface area contributed by atoms with E-state index in [1.54, 1.807) is 24.3 Å². The van der Waals surface area contributed by atoms with E-state index >= 15 is 0 Å². The van der Waals surface area contributed by atoms with E-state index in [2.05, 4.69) is 5.32 Å². The van der Waals surface area contributed by atoms with Crippen molar-refractivity contribution in [2.75, 3.05) is 30.9 Å². The van der Waals surface area contributed by atoms with Gasteiger partial charge in [0.25, 0.3) is 5.91 Å². The lowest BCUT2D eigenvalue weighted by molar-refractivity contribution is -0.115. The van der Waals surface area contributed by atoms with Crippen molar-refractivity contribution in [3.05, 3.63) is 54.1 Å². The predicted octanol–water partition coefficient (Wildman–Crippen LogP) is 1.54. The van der Waals surface area contributed by atoms with Crippen molar-refractivity contribution in [2.24, 2.45) is 0 Å². The maximum absolute atomic E-state index is 12.8. The van der Waals surface area contributed by atoms with Crippen LogP contribution in [0.25, 0.3) is 0 Å². The Balaban J connectivity index is 1.93. The van der Waals surface area contributed by atoms with Gasteiger partial charge in [0.05, 0.1) is 16.3 Å². The Morgan fingerprint density at radius 2 is 1.72 bits per heavy atom. The van der Waals surface area contributed by atoms with Gasteiger partial charge in [0.1, 0.15) is 6.54 Å². The number of sulfonamides is 1. The second-order valence-electron chi connectivity index (χ2n) is 5.77. The Hall–Kier alpha value is -2.71. The molecular formula is C17H17N3O4S. The van der Waals surface area contributed by atoms with E-state index in [1.165, 1.54) is 43.3 Å². The van der Waals surface area contributed by atoms with Crippen LogP contribution in [0.4, 0.5) is 11.4 Å². The van der Waals surface area contributed by atoms with E-state index in [-0.39, 0.29) is 23.3 Å². The van der Waals surface area contributed by atoms with Crippen molar-refractivity contribution in [1.29, 1.82) is 0 Å². The molecule has 1 heterocycles. The van der Waals surface area contributed by atoms with Gasteiger partial charge in [-0.25, -0.2) is 12.7 Å². The van der Waals surface area contributed by atoms with E-state index < -0.39 is 10.0 Å². The number of para-hydroxylation sites is 2. The smallest absolute Gasteiger partial charge is 0.258 e. The molecule has 0 bridgehead atoms. The lowest BCUT2D eigenvalue weighted by Gasteiger charge is -2.29. The van der Waals surface area contributed by atoms with Crippen molar-refractivity contribution in [1.82, 2.24) is 4.31 Å². The molecule has 0 saturated carbocycles. The summed E-state index contributed by atoms with van der Waals surface area (Å²) in [5, 5.41) is 2.72. The van der Waals surface area contributed by atoms with E-state index in [0.29, 0.717) is 16.9 Å². The molecular weight excluding hydrogens is 342 g/mol. The first-order valence-electron chi connectivity index (χ1n) is 7.54. The summed E-state index contributed by atoms with van der Waals surface area (Å²) >= 11 is 0. The number of carbonyl (C=O) groups excluding carboxylic acids is 2. The Labute approximate surface area is 145 Å². The van der Waals surface area contributed by atoms with Crippen molar-refractivity contribution in [3.8, 4) is 0 Å². The Morgan fingerprint density at radius 3 is 2.36 bits per heavy atom. The van der Waals surface area contributed by atoms with Gasteiger partial charge >= 0.3 is 0 Å². The van der Waals surface area contributed by atoms with Gasteiger partial charge in [-0.3, -0.25) is 14.5 Å². The molecule has 130 valence electrons. The number of amides is 2. The maximum Gasteiger partial charge on any atom is 0.258 e. The van der Waals surface area contributed by atoms with Gasteiger partial charge in [-0.05, 0) is 36.4 Å². The normalized spacial score (nSPS) is 14.2. The second-order valence-corrected chi connectivity index (χ2v) is 7.92. The fraction of sp³-hybridized carbons (Fsp3) is 0.176. The molecule has 3 rings (SSSR count). The highest BCUT2D eigenvalue weighted by Crippen LogP contribution is 2.30. The van der Waals surface area contributed by atoms with Gasteiger partial charge in [0.2, 0.25) is 15.9 Å². The van der Waals surface area contributed by atoms with Gasteiger partial charge in [-0.1, -0.05) is 12.1 Å². The van der Waals surface area contributed by atoms with E-state index in [4.69, 9.17) is 0 Å². The van der Waals surface area contributed by atoms with Gasteiger partial charge in [0.15, 0.2) is 0 Å². The molecule has 0 fully saturated rings. The highest BCUT2D eigenvalue weighted by molar-refractivity contribution is 7.89. The number of nitrogens with one attached hydrogen (secondary N) is 1. The average Bonchev–Trinajstić information content (AvgIpc) is 2.60. The molecule has 2 aromatic carbocycles. The molecule has 0 unspecified atom stereocenters. The van der Waals surface area contributed by atoms with Crippen LogP contribution in [0, 0.1) is 0 Å². The largest absolute Gasteiger partial charge is 0.323 e. The quantitative estimate of drug-likeness (QED) is 0.900. The molecule has 1 N–H and O–H groups in total. The van der Waals surface area contributed by atoms with E-state index in [1.807, 2.05) is 0 Å². The lowest BCUT2D eigenvalue weighted by Crippen LogP contribution is -2.42. The Morgan fingerprint density at radius 1 is 1.08 bits per heavy atom.